The van der Waals surface area contributed by atoms with Gasteiger partial charge in [-0.1, -0.05) is 17.7 Å². The van der Waals surface area contributed by atoms with Gasteiger partial charge in [-0.15, -0.1) is 0 Å². The second kappa shape index (κ2) is 5.09. The van der Waals surface area contributed by atoms with Gasteiger partial charge in [-0.2, -0.15) is 0 Å². The number of anilines is 1. The average Bonchev–Trinajstić information content (AvgIpc) is 2.49. The van der Waals surface area contributed by atoms with Gasteiger partial charge in [-0.05, 0) is 43.3 Å². The molecular formula is C16H13N3O. The monoisotopic (exact) mass is 263 g/mol. The highest BCUT2D eigenvalue weighted by Gasteiger charge is 2.08. The molecule has 0 spiro atoms. The third-order valence-electron chi connectivity index (χ3n) is 3.00. The molecule has 98 valence electrons. The summed E-state index contributed by atoms with van der Waals surface area (Å²) in [5.74, 6) is -0.223. The van der Waals surface area contributed by atoms with Crippen molar-refractivity contribution < 1.29 is 4.79 Å². The number of hydrogen-bond acceptors (Lipinski definition) is 3. The van der Waals surface area contributed by atoms with Gasteiger partial charge in [0.25, 0.3) is 5.91 Å². The van der Waals surface area contributed by atoms with Crippen LogP contribution in [0.15, 0.2) is 54.7 Å². The number of hydrogen-bond donors (Lipinski definition) is 1. The fourth-order valence-corrected chi connectivity index (χ4v) is 1.92. The Kier molecular flexibility index (Phi) is 3.13. The van der Waals surface area contributed by atoms with E-state index in [9.17, 15) is 4.79 Å². The summed E-state index contributed by atoms with van der Waals surface area (Å²) in [4.78, 5) is 20.6. The maximum atomic E-state index is 12.1. The highest BCUT2D eigenvalue weighted by molar-refractivity contribution is 6.03. The molecule has 3 rings (SSSR count). The Bertz CT molecular complexity index is 766. The van der Waals surface area contributed by atoms with Gasteiger partial charge in [-0.25, -0.2) is 4.98 Å². The molecule has 0 bridgehead atoms. The van der Waals surface area contributed by atoms with Crippen molar-refractivity contribution in [1.29, 1.82) is 0 Å². The van der Waals surface area contributed by atoms with Crippen molar-refractivity contribution in [3.8, 4) is 0 Å². The van der Waals surface area contributed by atoms with E-state index in [1.54, 1.807) is 24.4 Å². The van der Waals surface area contributed by atoms with E-state index in [1.165, 1.54) is 0 Å². The number of carbonyl (C=O) groups is 1. The number of nitrogens with zero attached hydrogens (tertiary/aromatic N) is 2. The van der Waals surface area contributed by atoms with Crippen LogP contribution in [0.4, 0.5) is 5.69 Å². The Morgan fingerprint density at radius 1 is 1.00 bits per heavy atom. The zero-order chi connectivity index (χ0) is 13.9. The van der Waals surface area contributed by atoms with Gasteiger partial charge in [0.2, 0.25) is 0 Å². The second-order valence-electron chi connectivity index (χ2n) is 4.56. The maximum Gasteiger partial charge on any atom is 0.274 e. The Morgan fingerprint density at radius 2 is 1.80 bits per heavy atom. The molecule has 0 radical (unpaired) electrons. The minimum Gasteiger partial charge on any atom is -0.321 e. The first-order valence-electron chi connectivity index (χ1n) is 6.32. The number of fused-ring (bicyclic) bond motifs is 1. The lowest BCUT2D eigenvalue weighted by Crippen LogP contribution is -2.13. The van der Waals surface area contributed by atoms with Crippen LogP contribution in [0.2, 0.25) is 0 Å². The topological polar surface area (TPSA) is 54.9 Å². The molecule has 1 N–H and O–H groups in total. The van der Waals surface area contributed by atoms with Crippen LogP contribution in [-0.4, -0.2) is 15.9 Å². The molecule has 4 heteroatoms. The molecule has 0 fully saturated rings. The number of nitrogens with one attached hydrogen (secondary N) is 1. The molecule has 0 aliphatic rings. The molecule has 3 aromatic rings. The number of benzene rings is 1. The van der Waals surface area contributed by atoms with Gasteiger partial charge in [0.05, 0.1) is 11.0 Å². The first-order valence-corrected chi connectivity index (χ1v) is 6.32. The third-order valence-corrected chi connectivity index (χ3v) is 3.00. The van der Waals surface area contributed by atoms with Gasteiger partial charge < -0.3 is 5.32 Å². The fraction of sp³-hybridized carbons (Fsp3) is 0.0625. The summed E-state index contributed by atoms with van der Waals surface area (Å²) < 4.78 is 0. The third kappa shape index (κ3) is 2.49. The van der Waals surface area contributed by atoms with E-state index in [0.29, 0.717) is 11.2 Å². The molecule has 1 aromatic carbocycles. The quantitative estimate of drug-likeness (QED) is 0.772. The molecule has 0 saturated heterocycles. The summed E-state index contributed by atoms with van der Waals surface area (Å²) in [7, 11) is 0. The lowest BCUT2D eigenvalue weighted by atomic mass is 10.2. The zero-order valence-corrected chi connectivity index (χ0v) is 11.0. The summed E-state index contributed by atoms with van der Waals surface area (Å²) in [5.41, 5.74) is 3.78. The number of amides is 1. The lowest BCUT2D eigenvalue weighted by Gasteiger charge is -2.05. The van der Waals surface area contributed by atoms with Crippen molar-refractivity contribution in [2.24, 2.45) is 0 Å². The summed E-state index contributed by atoms with van der Waals surface area (Å²) in [5, 5.41) is 2.83. The van der Waals surface area contributed by atoms with E-state index in [4.69, 9.17) is 0 Å². The predicted molar refractivity (Wildman–Crippen MR) is 78.7 cm³/mol. The molecule has 2 heterocycles. The molecule has 20 heavy (non-hydrogen) atoms. The van der Waals surface area contributed by atoms with E-state index in [2.05, 4.69) is 15.3 Å². The molecular weight excluding hydrogens is 250 g/mol. The van der Waals surface area contributed by atoms with Crippen LogP contribution in [0.3, 0.4) is 0 Å². The number of aryl methyl sites for hydroxylation is 1. The van der Waals surface area contributed by atoms with Gasteiger partial charge >= 0.3 is 0 Å². The molecule has 0 atom stereocenters. The van der Waals surface area contributed by atoms with Gasteiger partial charge in [0.15, 0.2) is 0 Å². The van der Waals surface area contributed by atoms with Crippen molar-refractivity contribution in [2.75, 3.05) is 5.32 Å². The van der Waals surface area contributed by atoms with E-state index in [1.807, 2.05) is 37.3 Å². The lowest BCUT2D eigenvalue weighted by molar-refractivity contribution is 0.102. The standard InChI is InChI=1S/C16H13N3O/c1-11-4-6-12(7-5-11)18-16(20)15-9-8-13-14(19-15)3-2-10-17-13/h2-10H,1H3,(H,18,20). The predicted octanol–water partition coefficient (Wildman–Crippen LogP) is 3.19. The Balaban J connectivity index is 1.86. The van der Waals surface area contributed by atoms with E-state index >= 15 is 0 Å². The van der Waals surface area contributed by atoms with Crippen LogP contribution in [0.1, 0.15) is 16.1 Å². The molecule has 4 nitrogen and oxygen atoms in total. The van der Waals surface area contributed by atoms with Crippen molar-refractivity contribution in [3.63, 3.8) is 0 Å². The molecule has 0 saturated carbocycles. The first kappa shape index (κ1) is 12.3. The van der Waals surface area contributed by atoms with Crippen LogP contribution >= 0.6 is 0 Å². The van der Waals surface area contributed by atoms with Crippen LogP contribution < -0.4 is 5.32 Å². The summed E-state index contributed by atoms with van der Waals surface area (Å²) in [6, 6.07) is 14.8. The summed E-state index contributed by atoms with van der Waals surface area (Å²) in [6.07, 6.45) is 1.70. The van der Waals surface area contributed by atoms with Crippen molar-refractivity contribution in [2.45, 2.75) is 6.92 Å². The van der Waals surface area contributed by atoms with Crippen LogP contribution in [0.5, 0.6) is 0 Å². The highest BCUT2D eigenvalue weighted by Crippen LogP contribution is 2.12. The Labute approximate surface area is 116 Å². The summed E-state index contributed by atoms with van der Waals surface area (Å²) >= 11 is 0. The van der Waals surface area contributed by atoms with Crippen molar-refractivity contribution in [3.05, 3.63) is 66.0 Å². The minimum atomic E-state index is -0.223. The van der Waals surface area contributed by atoms with E-state index in [-0.39, 0.29) is 5.91 Å². The highest BCUT2D eigenvalue weighted by atomic mass is 16.1. The van der Waals surface area contributed by atoms with Gasteiger partial charge in [0, 0.05) is 11.9 Å². The number of pyridine rings is 2. The van der Waals surface area contributed by atoms with E-state index < -0.39 is 0 Å². The Hall–Kier alpha value is -2.75. The first-order chi connectivity index (χ1) is 9.72. The van der Waals surface area contributed by atoms with Crippen LogP contribution in [0.25, 0.3) is 11.0 Å². The van der Waals surface area contributed by atoms with Crippen molar-refractivity contribution in [1.82, 2.24) is 9.97 Å². The molecule has 2 aromatic heterocycles. The zero-order valence-electron chi connectivity index (χ0n) is 11.0. The number of aromatic nitrogens is 2. The van der Waals surface area contributed by atoms with Crippen LogP contribution in [-0.2, 0) is 0 Å². The molecule has 1 amide bonds. The number of carbonyl (C=O) groups excluding carboxylic acids is 1. The summed E-state index contributed by atoms with van der Waals surface area (Å²) in [6.45, 7) is 2.00. The normalized spacial score (nSPS) is 10.4. The smallest absolute Gasteiger partial charge is 0.274 e. The second-order valence-corrected chi connectivity index (χ2v) is 4.56. The number of rotatable bonds is 2. The van der Waals surface area contributed by atoms with E-state index in [0.717, 1.165) is 16.8 Å². The Morgan fingerprint density at radius 3 is 2.60 bits per heavy atom. The minimum absolute atomic E-state index is 0.223. The largest absolute Gasteiger partial charge is 0.321 e. The van der Waals surface area contributed by atoms with Gasteiger partial charge in [0.1, 0.15) is 5.69 Å². The van der Waals surface area contributed by atoms with Gasteiger partial charge in [-0.3, -0.25) is 9.78 Å². The average molecular weight is 263 g/mol. The van der Waals surface area contributed by atoms with Crippen molar-refractivity contribution >= 4 is 22.6 Å². The molecule has 0 aliphatic carbocycles. The fourth-order valence-electron chi connectivity index (χ4n) is 1.92. The van der Waals surface area contributed by atoms with Crippen LogP contribution in [0, 0.1) is 6.92 Å². The molecule has 0 aliphatic heterocycles. The SMILES string of the molecule is Cc1ccc(NC(=O)c2ccc3ncccc3n2)cc1. The molecule has 0 unspecified atom stereocenters. The maximum absolute atomic E-state index is 12.1.